The molecule has 0 aliphatic heterocycles. The van der Waals surface area contributed by atoms with Crippen LogP contribution in [0.25, 0.3) is 0 Å². The van der Waals surface area contributed by atoms with Crippen LogP contribution >= 0.6 is 0 Å². The van der Waals surface area contributed by atoms with E-state index < -0.39 is 15.6 Å². The van der Waals surface area contributed by atoms with Gasteiger partial charge in [0.25, 0.3) is 0 Å². The lowest BCUT2D eigenvalue weighted by Crippen LogP contribution is -2.49. The third kappa shape index (κ3) is 9.73. The molecule has 5 heteroatoms. The number of rotatable bonds is 6. The van der Waals surface area contributed by atoms with E-state index in [9.17, 15) is 8.42 Å². The van der Waals surface area contributed by atoms with E-state index in [0.717, 1.165) is 19.2 Å². The summed E-state index contributed by atoms with van der Waals surface area (Å²) in [6, 6.07) is 0. The van der Waals surface area contributed by atoms with Crippen molar-refractivity contribution in [3.8, 4) is 11.8 Å². The molecule has 2 N–H and O–H groups in total. The van der Waals surface area contributed by atoms with Crippen molar-refractivity contribution in [1.82, 2.24) is 10.0 Å². The van der Waals surface area contributed by atoms with Gasteiger partial charge in [0, 0.05) is 25.0 Å². The quantitative estimate of drug-likeness (QED) is 0.512. The van der Waals surface area contributed by atoms with Crippen LogP contribution in [0.5, 0.6) is 0 Å². The summed E-state index contributed by atoms with van der Waals surface area (Å²) in [6.07, 6.45) is 1.95. The third-order valence-corrected chi connectivity index (χ3v) is 2.56. The maximum absolute atomic E-state index is 11.0. The summed E-state index contributed by atoms with van der Waals surface area (Å²) in [6.45, 7) is 6.84. The molecule has 0 fully saturated rings. The molecule has 0 spiro atoms. The first-order valence-corrected chi connectivity index (χ1v) is 6.75. The van der Waals surface area contributed by atoms with Gasteiger partial charge in [-0.25, -0.2) is 13.1 Å². The second-order valence-electron chi connectivity index (χ2n) is 4.11. The Balaban J connectivity index is 3.87. The Labute approximate surface area is 92.9 Å². The van der Waals surface area contributed by atoms with Crippen molar-refractivity contribution in [1.29, 1.82) is 0 Å². The summed E-state index contributed by atoms with van der Waals surface area (Å²) < 4.78 is 24.6. The first-order chi connectivity index (χ1) is 6.77. The highest BCUT2D eigenvalue weighted by Crippen LogP contribution is 2.01. The fraction of sp³-hybridized carbons (Fsp3) is 0.800. The van der Waals surface area contributed by atoms with Gasteiger partial charge < -0.3 is 5.32 Å². The summed E-state index contributed by atoms with van der Waals surface area (Å²) in [5.41, 5.74) is -0.465. The first kappa shape index (κ1) is 14.4. The fourth-order valence-corrected chi connectivity index (χ4v) is 2.29. The lowest BCUT2D eigenvalue weighted by atomic mass is 10.1. The monoisotopic (exact) mass is 232 g/mol. The molecule has 0 atom stereocenters. The summed E-state index contributed by atoms with van der Waals surface area (Å²) in [5, 5.41) is 3.15. The van der Waals surface area contributed by atoms with Crippen LogP contribution in [0, 0.1) is 11.8 Å². The molecule has 0 amide bonds. The van der Waals surface area contributed by atoms with Crippen molar-refractivity contribution in [3.05, 3.63) is 0 Å². The Morgan fingerprint density at radius 1 is 1.33 bits per heavy atom. The molecule has 0 saturated heterocycles. The summed E-state index contributed by atoms with van der Waals surface area (Å²) in [5.74, 6) is 5.73. The average Bonchev–Trinajstić information content (AvgIpc) is 1.99. The highest BCUT2D eigenvalue weighted by molar-refractivity contribution is 7.88. The van der Waals surface area contributed by atoms with Gasteiger partial charge in [-0.3, -0.25) is 0 Å². The van der Waals surface area contributed by atoms with E-state index in [2.05, 4.69) is 21.9 Å². The molecule has 0 saturated carbocycles. The molecular formula is C10H20N2O2S. The van der Waals surface area contributed by atoms with E-state index >= 15 is 0 Å². The summed E-state index contributed by atoms with van der Waals surface area (Å²) in [7, 11) is -3.15. The Morgan fingerprint density at radius 2 is 1.93 bits per heavy atom. The lowest BCUT2D eigenvalue weighted by Gasteiger charge is -2.25. The molecule has 0 aliphatic carbocycles. The average molecular weight is 232 g/mol. The summed E-state index contributed by atoms with van der Waals surface area (Å²) in [4.78, 5) is 0. The minimum Gasteiger partial charge on any atom is -0.314 e. The maximum Gasteiger partial charge on any atom is 0.209 e. The second-order valence-corrected chi connectivity index (χ2v) is 5.86. The van der Waals surface area contributed by atoms with Crippen LogP contribution in [0.15, 0.2) is 0 Å². The lowest BCUT2D eigenvalue weighted by molar-refractivity contribution is 0.424. The van der Waals surface area contributed by atoms with Crippen molar-refractivity contribution in [3.63, 3.8) is 0 Å². The van der Waals surface area contributed by atoms with Gasteiger partial charge in [-0.05, 0) is 20.8 Å². The van der Waals surface area contributed by atoms with Crippen LogP contribution < -0.4 is 10.0 Å². The van der Waals surface area contributed by atoms with Crippen LogP contribution in [-0.4, -0.2) is 33.3 Å². The van der Waals surface area contributed by atoms with Crippen LogP contribution in [0.2, 0.25) is 0 Å². The van der Waals surface area contributed by atoms with E-state index in [4.69, 9.17) is 0 Å². The minimum absolute atomic E-state index is 0.465. The zero-order chi connectivity index (χ0) is 11.9. The van der Waals surface area contributed by atoms with E-state index in [-0.39, 0.29) is 0 Å². The summed E-state index contributed by atoms with van der Waals surface area (Å²) >= 11 is 0. The zero-order valence-electron chi connectivity index (χ0n) is 9.85. The number of hydrogen-bond donors (Lipinski definition) is 2. The Bertz CT molecular complexity index is 336. The van der Waals surface area contributed by atoms with Crippen LogP contribution in [-0.2, 0) is 10.0 Å². The molecule has 0 heterocycles. The number of hydrogen-bond acceptors (Lipinski definition) is 3. The molecule has 0 aromatic rings. The highest BCUT2D eigenvalue weighted by atomic mass is 32.2. The largest absolute Gasteiger partial charge is 0.314 e. The van der Waals surface area contributed by atoms with Crippen LogP contribution in [0.1, 0.15) is 27.2 Å². The topological polar surface area (TPSA) is 58.2 Å². The standard InChI is InChI=1S/C10H20N2O2S/c1-5-6-7-8-11-9-10(2,3)12-15(4,13)14/h11-12H,7-9H2,1-4H3. The molecule has 0 aliphatic rings. The molecule has 15 heavy (non-hydrogen) atoms. The molecule has 0 bridgehead atoms. The van der Waals surface area contributed by atoms with Crippen molar-refractivity contribution >= 4 is 10.0 Å². The molecule has 0 aromatic carbocycles. The number of sulfonamides is 1. The molecular weight excluding hydrogens is 212 g/mol. The van der Waals surface area contributed by atoms with Crippen LogP contribution in [0.3, 0.4) is 0 Å². The van der Waals surface area contributed by atoms with Gasteiger partial charge in [0.2, 0.25) is 10.0 Å². The molecule has 88 valence electrons. The van der Waals surface area contributed by atoms with Gasteiger partial charge >= 0.3 is 0 Å². The predicted octanol–water partition coefficient (Wildman–Crippen LogP) is 0.317. The second kappa shape index (κ2) is 6.11. The maximum atomic E-state index is 11.0. The van der Waals surface area contributed by atoms with Gasteiger partial charge in [-0.2, -0.15) is 0 Å². The first-order valence-electron chi connectivity index (χ1n) is 4.86. The van der Waals surface area contributed by atoms with Gasteiger partial charge in [0.05, 0.1) is 6.26 Å². The van der Waals surface area contributed by atoms with Gasteiger partial charge in [-0.1, -0.05) is 0 Å². The van der Waals surface area contributed by atoms with E-state index in [0.29, 0.717) is 6.54 Å². The Morgan fingerprint density at radius 3 is 2.40 bits per heavy atom. The normalized spacial score (nSPS) is 12.0. The SMILES string of the molecule is CC#CCCNCC(C)(C)NS(C)(=O)=O. The van der Waals surface area contributed by atoms with Crippen molar-refractivity contribution in [2.75, 3.05) is 19.3 Å². The van der Waals surface area contributed by atoms with Gasteiger partial charge in [0.1, 0.15) is 0 Å². The van der Waals surface area contributed by atoms with Crippen molar-refractivity contribution in [2.45, 2.75) is 32.7 Å². The molecule has 0 unspecified atom stereocenters. The molecule has 0 rings (SSSR count). The van der Waals surface area contributed by atoms with E-state index in [1.165, 1.54) is 0 Å². The number of nitrogens with one attached hydrogen (secondary N) is 2. The minimum atomic E-state index is -3.15. The van der Waals surface area contributed by atoms with E-state index in [1.54, 1.807) is 6.92 Å². The molecule has 0 radical (unpaired) electrons. The Hall–Kier alpha value is -0.570. The Kier molecular flexibility index (Phi) is 5.88. The molecule has 4 nitrogen and oxygen atoms in total. The predicted molar refractivity (Wildman–Crippen MR) is 63.0 cm³/mol. The van der Waals surface area contributed by atoms with Crippen molar-refractivity contribution < 1.29 is 8.42 Å². The van der Waals surface area contributed by atoms with Gasteiger partial charge in [0.15, 0.2) is 0 Å². The smallest absolute Gasteiger partial charge is 0.209 e. The molecule has 0 aromatic heterocycles. The highest BCUT2D eigenvalue weighted by Gasteiger charge is 2.20. The fourth-order valence-electron chi connectivity index (χ4n) is 1.21. The van der Waals surface area contributed by atoms with E-state index in [1.807, 2.05) is 13.8 Å². The zero-order valence-corrected chi connectivity index (χ0v) is 10.7. The van der Waals surface area contributed by atoms with Gasteiger partial charge in [-0.15, -0.1) is 11.8 Å². The third-order valence-electron chi connectivity index (χ3n) is 1.63. The van der Waals surface area contributed by atoms with Crippen LogP contribution in [0.4, 0.5) is 0 Å². The van der Waals surface area contributed by atoms with Crippen molar-refractivity contribution in [2.24, 2.45) is 0 Å².